The first-order valence-electron chi connectivity index (χ1n) is 14.4. The molecule has 0 amide bonds. The van der Waals surface area contributed by atoms with E-state index in [2.05, 4.69) is 6.92 Å². The third-order valence-electron chi connectivity index (χ3n) is 6.39. The summed E-state index contributed by atoms with van der Waals surface area (Å²) in [6.07, 6.45) is 20.0. The van der Waals surface area contributed by atoms with Crippen molar-refractivity contribution in [2.75, 3.05) is 6.61 Å². The lowest BCUT2D eigenvalue weighted by molar-refractivity contribution is -0.134. The highest BCUT2D eigenvalue weighted by Crippen LogP contribution is 2.27. The predicted molar refractivity (Wildman–Crippen MR) is 159 cm³/mol. The summed E-state index contributed by atoms with van der Waals surface area (Å²) in [5, 5.41) is 0. The Kier molecular flexibility index (Phi) is 20.5. The third kappa shape index (κ3) is 20.8. The van der Waals surface area contributed by atoms with Gasteiger partial charge in [-0.3, -0.25) is 4.79 Å². The first-order chi connectivity index (χ1) is 17.8. The molecule has 0 saturated carbocycles. The highest BCUT2D eigenvalue weighted by atomic mass is 35.8. The van der Waals surface area contributed by atoms with Gasteiger partial charge in [0.25, 0.3) is 0 Å². The van der Waals surface area contributed by atoms with E-state index < -0.39 is 6.00 Å². The number of ether oxygens (including phenoxy) is 2. The SMILES string of the molecule is CCCCCCCCCCCOC(=O)c1ccc(OC(=O)CCCCCCCCCC[Si](Cl)(Cl)Cl)cc1. The highest BCUT2D eigenvalue weighted by molar-refractivity contribution is 7.64. The molecule has 1 aromatic rings. The monoisotopic (exact) mass is 592 g/mol. The summed E-state index contributed by atoms with van der Waals surface area (Å²) in [4.78, 5) is 24.3. The molecule has 0 atom stereocenters. The number of hydrogen-bond donors (Lipinski definition) is 0. The van der Waals surface area contributed by atoms with Crippen LogP contribution in [0.1, 0.15) is 133 Å². The maximum Gasteiger partial charge on any atom is 0.341 e. The maximum absolute atomic E-state index is 12.2. The minimum Gasteiger partial charge on any atom is -0.462 e. The topological polar surface area (TPSA) is 52.6 Å². The predicted octanol–water partition coefficient (Wildman–Crippen LogP) is 10.4. The summed E-state index contributed by atoms with van der Waals surface area (Å²) in [7, 11) is 0. The summed E-state index contributed by atoms with van der Waals surface area (Å²) in [6.45, 7) is 2.68. The van der Waals surface area contributed by atoms with Crippen LogP contribution < -0.4 is 4.74 Å². The summed E-state index contributed by atoms with van der Waals surface area (Å²) in [6, 6.07) is 4.89. The Bertz CT molecular complexity index is 723. The summed E-state index contributed by atoms with van der Waals surface area (Å²) in [5.74, 6) is -0.112. The number of halogens is 3. The summed E-state index contributed by atoms with van der Waals surface area (Å²) >= 11 is 17.7. The van der Waals surface area contributed by atoms with Crippen molar-refractivity contribution in [1.82, 2.24) is 0 Å². The van der Waals surface area contributed by atoms with Gasteiger partial charge in [-0.25, -0.2) is 4.79 Å². The van der Waals surface area contributed by atoms with Crippen LogP contribution in [0.5, 0.6) is 5.75 Å². The normalized spacial score (nSPS) is 11.5. The molecule has 0 N–H and O–H groups in total. The van der Waals surface area contributed by atoms with Gasteiger partial charge in [0.1, 0.15) is 5.75 Å². The second-order valence-corrected chi connectivity index (χ2v) is 19.2. The molecule has 0 aromatic heterocycles. The zero-order valence-electron chi connectivity index (χ0n) is 22.7. The zero-order chi connectivity index (χ0) is 27.2. The molecule has 1 rings (SSSR count). The van der Waals surface area contributed by atoms with Crippen molar-refractivity contribution in [3.05, 3.63) is 29.8 Å². The fourth-order valence-corrected chi connectivity index (χ4v) is 6.01. The Morgan fingerprint density at radius 2 is 1.16 bits per heavy atom. The van der Waals surface area contributed by atoms with Crippen molar-refractivity contribution in [1.29, 1.82) is 0 Å². The molecular weight excluding hydrogens is 547 g/mol. The highest BCUT2D eigenvalue weighted by Gasteiger charge is 2.23. The summed E-state index contributed by atoms with van der Waals surface area (Å²) < 4.78 is 10.8. The molecule has 0 aliphatic carbocycles. The van der Waals surface area contributed by atoms with Crippen LogP contribution in [-0.4, -0.2) is 24.5 Å². The average Bonchev–Trinajstić information content (AvgIpc) is 2.86. The van der Waals surface area contributed by atoms with Crippen LogP contribution in [0.15, 0.2) is 24.3 Å². The molecule has 1 aromatic carbocycles. The fourth-order valence-electron chi connectivity index (χ4n) is 4.16. The number of hydrogen-bond acceptors (Lipinski definition) is 4. The number of rotatable bonds is 23. The molecule has 0 heterocycles. The van der Waals surface area contributed by atoms with E-state index in [1.54, 1.807) is 24.3 Å². The van der Waals surface area contributed by atoms with Crippen LogP contribution in [0.4, 0.5) is 0 Å². The molecule has 8 heteroatoms. The zero-order valence-corrected chi connectivity index (χ0v) is 26.0. The number of carbonyl (C=O) groups is 2. The fraction of sp³-hybridized carbons (Fsp3) is 0.724. The van der Waals surface area contributed by atoms with Crippen LogP contribution in [-0.2, 0) is 9.53 Å². The molecule has 212 valence electrons. The van der Waals surface area contributed by atoms with Crippen LogP contribution >= 0.6 is 33.2 Å². The van der Waals surface area contributed by atoms with Gasteiger partial charge < -0.3 is 9.47 Å². The lowest BCUT2D eigenvalue weighted by atomic mass is 10.1. The standard InChI is InChI=1S/C29H47Cl3O4Si/c1-2-3-4-5-6-8-11-14-17-24-35-29(34)26-20-22-27(23-21-26)36-28(33)19-16-13-10-7-9-12-15-18-25-37(30,31)32/h20-23H,2-19,24-25H2,1H3. The van der Waals surface area contributed by atoms with E-state index in [0.29, 0.717) is 24.3 Å². The minimum absolute atomic E-state index is 0.239. The maximum atomic E-state index is 12.2. The lowest BCUT2D eigenvalue weighted by Gasteiger charge is -2.07. The van der Waals surface area contributed by atoms with Crippen LogP contribution in [0.25, 0.3) is 0 Å². The van der Waals surface area contributed by atoms with Crippen LogP contribution in [0.2, 0.25) is 6.04 Å². The molecule has 0 fully saturated rings. The number of carbonyl (C=O) groups excluding carboxylic acids is 2. The van der Waals surface area contributed by atoms with Crippen molar-refractivity contribution in [3.63, 3.8) is 0 Å². The number of unbranched alkanes of at least 4 members (excludes halogenated alkanes) is 15. The smallest absolute Gasteiger partial charge is 0.341 e. The number of benzene rings is 1. The van der Waals surface area contributed by atoms with Crippen molar-refractivity contribution < 1.29 is 19.1 Å². The van der Waals surface area contributed by atoms with Gasteiger partial charge in [-0.15, -0.1) is 33.2 Å². The Morgan fingerprint density at radius 3 is 1.70 bits per heavy atom. The molecule has 37 heavy (non-hydrogen) atoms. The quantitative estimate of drug-likeness (QED) is 0.0416. The lowest BCUT2D eigenvalue weighted by Crippen LogP contribution is -2.09. The van der Waals surface area contributed by atoms with Gasteiger partial charge in [0, 0.05) is 6.42 Å². The van der Waals surface area contributed by atoms with E-state index in [9.17, 15) is 9.59 Å². The second kappa shape index (κ2) is 22.1. The molecule has 4 nitrogen and oxygen atoms in total. The second-order valence-electron chi connectivity index (χ2n) is 9.91. The van der Waals surface area contributed by atoms with E-state index in [4.69, 9.17) is 42.7 Å². The number of esters is 2. The molecule has 0 saturated heterocycles. The first-order valence-corrected chi connectivity index (χ1v) is 19.6. The Balaban J connectivity index is 2.04. The van der Waals surface area contributed by atoms with E-state index in [1.807, 2.05) is 0 Å². The molecule has 0 aliphatic heterocycles. The van der Waals surface area contributed by atoms with Crippen molar-refractivity contribution in [2.24, 2.45) is 0 Å². The molecule has 0 radical (unpaired) electrons. The van der Waals surface area contributed by atoms with Crippen molar-refractivity contribution in [3.8, 4) is 5.75 Å². The van der Waals surface area contributed by atoms with E-state index in [1.165, 1.54) is 57.8 Å². The molecule has 0 spiro atoms. The van der Waals surface area contributed by atoms with Gasteiger partial charge in [-0.05, 0) is 43.2 Å². The Morgan fingerprint density at radius 1 is 0.676 bits per heavy atom. The van der Waals surface area contributed by atoms with Crippen LogP contribution in [0.3, 0.4) is 0 Å². The van der Waals surface area contributed by atoms with Gasteiger partial charge in [-0.2, -0.15) is 0 Å². The van der Waals surface area contributed by atoms with Gasteiger partial charge in [-0.1, -0.05) is 103 Å². The largest absolute Gasteiger partial charge is 0.462 e. The Labute approximate surface area is 240 Å². The minimum atomic E-state index is -2.45. The average molecular weight is 594 g/mol. The van der Waals surface area contributed by atoms with Crippen LogP contribution in [0, 0.1) is 0 Å². The summed E-state index contributed by atoms with van der Waals surface area (Å²) in [5.41, 5.74) is 0.477. The van der Waals surface area contributed by atoms with Gasteiger partial charge in [0.2, 0.25) is 0 Å². The third-order valence-corrected chi connectivity index (χ3v) is 9.02. The van der Waals surface area contributed by atoms with Gasteiger partial charge in [0.05, 0.1) is 12.2 Å². The molecule has 0 unspecified atom stereocenters. The molecule has 0 bridgehead atoms. The van der Waals surface area contributed by atoms with Crippen molar-refractivity contribution in [2.45, 2.75) is 129 Å². The van der Waals surface area contributed by atoms with E-state index >= 15 is 0 Å². The van der Waals surface area contributed by atoms with E-state index in [0.717, 1.165) is 57.4 Å². The molecule has 0 aliphatic rings. The van der Waals surface area contributed by atoms with E-state index in [-0.39, 0.29) is 11.9 Å². The molecular formula is C29H47Cl3O4Si. The first kappa shape index (κ1) is 34.3. The van der Waals surface area contributed by atoms with Gasteiger partial charge in [0.15, 0.2) is 0 Å². The van der Waals surface area contributed by atoms with Gasteiger partial charge >= 0.3 is 17.9 Å². The van der Waals surface area contributed by atoms with Crippen molar-refractivity contribution >= 4 is 51.2 Å². The Hall–Kier alpha value is -0.753.